The molecule has 0 radical (unpaired) electrons. The van der Waals surface area contributed by atoms with E-state index in [0.717, 1.165) is 16.2 Å². The number of hydrogen-bond donors (Lipinski definition) is 1. The lowest BCUT2D eigenvalue weighted by Gasteiger charge is -2.19. The lowest BCUT2D eigenvalue weighted by Crippen LogP contribution is -2.10. The van der Waals surface area contributed by atoms with E-state index in [1.165, 1.54) is 10.4 Å². The van der Waals surface area contributed by atoms with E-state index in [0.29, 0.717) is 5.69 Å². The van der Waals surface area contributed by atoms with Gasteiger partial charge in [-0.15, -0.1) is 11.3 Å². The maximum atomic E-state index is 10.9. The highest BCUT2D eigenvalue weighted by molar-refractivity contribution is 7.17. The van der Waals surface area contributed by atoms with E-state index < -0.39 is 5.97 Å². The molecular weight excluding hydrogens is 308 g/mol. The van der Waals surface area contributed by atoms with Crippen LogP contribution >= 0.6 is 11.3 Å². The zero-order valence-corrected chi connectivity index (χ0v) is 14.6. The minimum Gasteiger partial charge on any atom is -0.481 e. The Bertz CT molecular complexity index is 867. The van der Waals surface area contributed by atoms with Crippen LogP contribution in [0.1, 0.15) is 36.9 Å². The van der Waals surface area contributed by atoms with Gasteiger partial charge in [-0.3, -0.25) is 9.20 Å². The van der Waals surface area contributed by atoms with Gasteiger partial charge >= 0.3 is 5.97 Å². The number of hydrogen-bond acceptors (Lipinski definition) is 3. The van der Waals surface area contributed by atoms with Gasteiger partial charge in [-0.1, -0.05) is 45.0 Å². The molecule has 0 bridgehead atoms. The maximum absolute atomic E-state index is 10.9. The molecule has 1 N–H and O–H groups in total. The number of aliphatic carboxylic acids is 1. The number of thiazole rings is 1. The lowest BCUT2D eigenvalue weighted by molar-refractivity contribution is -0.136. The molecule has 4 nitrogen and oxygen atoms in total. The van der Waals surface area contributed by atoms with Crippen LogP contribution in [-0.4, -0.2) is 20.5 Å². The van der Waals surface area contributed by atoms with E-state index in [1.54, 1.807) is 11.3 Å². The number of rotatable bonds is 3. The van der Waals surface area contributed by atoms with Gasteiger partial charge in [-0.25, -0.2) is 4.98 Å². The molecule has 0 saturated heterocycles. The highest BCUT2D eigenvalue weighted by Crippen LogP contribution is 2.33. The van der Waals surface area contributed by atoms with Crippen LogP contribution in [0.15, 0.2) is 30.5 Å². The molecule has 3 aromatic rings. The first-order valence-corrected chi connectivity index (χ1v) is 8.37. The van der Waals surface area contributed by atoms with Crippen LogP contribution in [0.5, 0.6) is 0 Å². The minimum atomic E-state index is -0.858. The summed E-state index contributed by atoms with van der Waals surface area (Å²) >= 11 is 1.59. The predicted octanol–water partition coefficient (Wildman–Crippen LogP) is 4.30. The van der Waals surface area contributed by atoms with Crippen molar-refractivity contribution in [3.05, 3.63) is 46.6 Å². The van der Waals surface area contributed by atoms with E-state index in [2.05, 4.69) is 56.9 Å². The summed E-state index contributed by atoms with van der Waals surface area (Å²) in [7, 11) is 0. The van der Waals surface area contributed by atoms with Gasteiger partial charge in [0, 0.05) is 11.1 Å². The van der Waals surface area contributed by atoms with Crippen molar-refractivity contribution in [2.75, 3.05) is 0 Å². The SMILES string of the molecule is Cc1sc2nc(CC(=O)O)cn2c1-c1ccc(C(C)(C)C)cc1. The number of aryl methyl sites for hydroxylation is 1. The lowest BCUT2D eigenvalue weighted by atomic mass is 9.86. The molecule has 1 aromatic carbocycles. The molecule has 120 valence electrons. The van der Waals surface area contributed by atoms with Crippen molar-refractivity contribution >= 4 is 22.3 Å². The molecular formula is C18H20N2O2S. The molecule has 2 aromatic heterocycles. The summed E-state index contributed by atoms with van der Waals surface area (Å²) in [5.41, 5.74) is 4.23. The number of imidazole rings is 1. The third-order valence-corrected chi connectivity index (χ3v) is 4.87. The van der Waals surface area contributed by atoms with Crippen LogP contribution < -0.4 is 0 Å². The molecule has 0 aliphatic heterocycles. The molecule has 0 aliphatic rings. The van der Waals surface area contributed by atoms with Crippen molar-refractivity contribution in [1.29, 1.82) is 0 Å². The molecule has 0 amide bonds. The van der Waals surface area contributed by atoms with E-state index >= 15 is 0 Å². The summed E-state index contributed by atoms with van der Waals surface area (Å²) in [6, 6.07) is 8.58. The Kier molecular flexibility index (Phi) is 3.76. The van der Waals surface area contributed by atoms with Crippen molar-refractivity contribution in [3.63, 3.8) is 0 Å². The third-order valence-electron chi connectivity index (χ3n) is 3.90. The highest BCUT2D eigenvalue weighted by Gasteiger charge is 2.17. The second kappa shape index (κ2) is 5.49. The highest BCUT2D eigenvalue weighted by atomic mass is 32.1. The van der Waals surface area contributed by atoms with E-state index in [-0.39, 0.29) is 11.8 Å². The molecule has 3 rings (SSSR count). The van der Waals surface area contributed by atoms with E-state index in [4.69, 9.17) is 5.11 Å². The first-order chi connectivity index (χ1) is 10.8. The van der Waals surface area contributed by atoms with Crippen LogP contribution in [0.4, 0.5) is 0 Å². The fourth-order valence-corrected chi connectivity index (χ4v) is 3.70. The summed E-state index contributed by atoms with van der Waals surface area (Å²) in [5.74, 6) is -0.858. The van der Waals surface area contributed by atoms with Crippen molar-refractivity contribution in [2.45, 2.75) is 39.5 Å². The quantitative estimate of drug-likeness (QED) is 0.780. The van der Waals surface area contributed by atoms with Crippen molar-refractivity contribution in [2.24, 2.45) is 0 Å². The molecule has 2 heterocycles. The van der Waals surface area contributed by atoms with Gasteiger partial charge in [0.05, 0.1) is 17.8 Å². The number of carbonyl (C=O) groups is 1. The van der Waals surface area contributed by atoms with Crippen LogP contribution in [-0.2, 0) is 16.6 Å². The molecule has 0 aliphatic carbocycles. The Balaban J connectivity index is 2.06. The second-order valence-corrected chi connectivity index (χ2v) is 7.97. The number of aromatic nitrogens is 2. The summed E-state index contributed by atoms with van der Waals surface area (Å²) in [4.78, 5) is 17.3. The number of carboxylic acid groups (broad SMARTS) is 1. The predicted molar refractivity (Wildman–Crippen MR) is 93.3 cm³/mol. The molecule has 0 spiro atoms. The normalized spacial score (nSPS) is 12.0. The topological polar surface area (TPSA) is 54.6 Å². The molecule has 0 fully saturated rings. The third kappa shape index (κ3) is 3.01. The van der Waals surface area contributed by atoms with Gasteiger partial charge < -0.3 is 5.11 Å². The summed E-state index contributed by atoms with van der Waals surface area (Å²) < 4.78 is 2.00. The monoisotopic (exact) mass is 328 g/mol. The van der Waals surface area contributed by atoms with Gasteiger partial charge in [0.15, 0.2) is 4.96 Å². The standard InChI is InChI=1S/C18H20N2O2S/c1-11-16(12-5-7-13(8-6-12)18(2,3)4)20-10-14(9-15(21)22)19-17(20)23-11/h5-8,10H,9H2,1-4H3,(H,21,22). The van der Waals surface area contributed by atoms with Gasteiger partial charge in [0.1, 0.15) is 0 Å². The van der Waals surface area contributed by atoms with Gasteiger partial charge in [-0.05, 0) is 23.5 Å². The fourth-order valence-electron chi connectivity index (χ4n) is 2.71. The molecule has 0 atom stereocenters. The van der Waals surface area contributed by atoms with Crippen LogP contribution in [0.25, 0.3) is 16.2 Å². The first kappa shape index (κ1) is 15.7. The zero-order valence-electron chi connectivity index (χ0n) is 13.8. The number of carboxylic acids is 1. The van der Waals surface area contributed by atoms with Gasteiger partial charge in [0.2, 0.25) is 0 Å². The van der Waals surface area contributed by atoms with E-state index in [9.17, 15) is 4.79 Å². The summed E-state index contributed by atoms with van der Waals surface area (Å²) in [6.07, 6.45) is 1.79. The molecule has 0 unspecified atom stereocenters. The van der Waals surface area contributed by atoms with Gasteiger partial charge in [-0.2, -0.15) is 0 Å². The molecule has 0 saturated carbocycles. The summed E-state index contributed by atoms with van der Waals surface area (Å²) in [5, 5.41) is 8.93. The fraction of sp³-hybridized carbons (Fsp3) is 0.333. The number of nitrogens with zero attached hydrogens (tertiary/aromatic N) is 2. The Morgan fingerprint density at radius 3 is 2.48 bits per heavy atom. The smallest absolute Gasteiger partial charge is 0.309 e. The molecule has 5 heteroatoms. The zero-order chi connectivity index (χ0) is 16.8. The van der Waals surface area contributed by atoms with Crippen LogP contribution in [0, 0.1) is 6.92 Å². The first-order valence-electron chi connectivity index (χ1n) is 7.56. The second-order valence-electron chi connectivity index (χ2n) is 6.79. The van der Waals surface area contributed by atoms with Crippen molar-refractivity contribution in [1.82, 2.24) is 9.38 Å². The Labute approximate surface area is 139 Å². The number of benzene rings is 1. The van der Waals surface area contributed by atoms with Crippen molar-refractivity contribution in [3.8, 4) is 11.3 Å². The van der Waals surface area contributed by atoms with Crippen LogP contribution in [0.2, 0.25) is 0 Å². The summed E-state index contributed by atoms with van der Waals surface area (Å²) in [6.45, 7) is 8.67. The van der Waals surface area contributed by atoms with Crippen LogP contribution in [0.3, 0.4) is 0 Å². The van der Waals surface area contributed by atoms with Crippen molar-refractivity contribution < 1.29 is 9.90 Å². The molecule has 23 heavy (non-hydrogen) atoms. The Morgan fingerprint density at radius 1 is 1.26 bits per heavy atom. The largest absolute Gasteiger partial charge is 0.481 e. The average molecular weight is 328 g/mol. The minimum absolute atomic E-state index is 0.0458. The van der Waals surface area contributed by atoms with E-state index in [1.807, 2.05) is 10.6 Å². The maximum Gasteiger partial charge on any atom is 0.309 e. The average Bonchev–Trinajstić information content (AvgIpc) is 2.92. The Morgan fingerprint density at radius 2 is 1.91 bits per heavy atom. The van der Waals surface area contributed by atoms with Gasteiger partial charge in [0.25, 0.3) is 0 Å². The Hall–Kier alpha value is -2.14. The number of fused-ring (bicyclic) bond motifs is 1.